The van der Waals surface area contributed by atoms with Gasteiger partial charge in [0, 0.05) is 24.1 Å². The quantitative estimate of drug-likeness (QED) is 0.621. The fourth-order valence-corrected chi connectivity index (χ4v) is 4.61. The molecule has 3 aromatic carbocycles. The van der Waals surface area contributed by atoms with Gasteiger partial charge in [-0.15, -0.1) is 0 Å². The normalized spacial score (nSPS) is 24.1. The zero-order valence-electron chi connectivity index (χ0n) is 17.3. The molecular weight excluding hydrogens is 390 g/mol. The lowest BCUT2D eigenvalue weighted by atomic mass is 9.72. The molecule has 1 saturated heterocycles. The number of benzene rings is 3. The van der Waals surface area contributed by atoms with Crippen LogP contribution in [-0.4, -0.2) is 17.5 Å². The summed E-state index contributed by atoms with van der Waals surface area (Å²) in [5, 5.41) is 3.01. The van der Waals surface area contributed by atoms with Crippen molar-refractivity contribution in [2.75, 3.05) is 5.32 Å². The number of anilines is 1. The lowest BCUT2D eigenvalue weighted by molar-refractivity contribution is -0.258. The SMILES string of the molecule is CC1(c2ccccc2)CC(Cc2ccccc2)(C(=O)Nc2ccc3c(c2)COC3=O)O1. The Balaban J connectivity index is 1.41. The summed E-state index contributed by atoms with van der Waals surface area (Å²) in [6.07, 6.45) is 1.05. The number of cyclic esters (lactones) is 1. The fraction of sp³-hybridized carbons (Fsp3) is 0.231. The molecule has 1 fully saturated rings. The molecule has 1 N–H and O–H groups in total. The zero-order chi connectivity index (χ0) is 21.5. The van der Waals surface area contributed by atoms with Crippen molar-refractivity contribution < 1.29 is 19.1 Å². The number of nitrogens with one attached hydrogen (secondary N) is 1. The summed E-state index contributed by atoms with van der Waals surface area (Å²) in [6, 6.07) is 25.1. The predicted octanol–water partition coefficient (Wildman–Crippen LogP) is 4.61. The topological polar surface area (TPSA) is 64.6 Å². The highest BCUT2D eigenvalue weighted by Gasteiger charge is 2.58. The van der Waals surface area contributed by atoms with Gasteiger partial charge in [-0.2, -0.15) is 0 Å². The van der Waals surface area contributed by atoms with Crippen molar-refractivity contribution in [1.29, 1.82) is 0 Å². The summed E-state index contributed by atoms with van der Waals surface area (Å²) in [5.74, 6) is -0.510. The third kappa shape index (κ3) is 3.51. The van der Waals surface area contributed by atoms with Gasteiger partial charge in [0.25, 0.3) is 5.91 Å². The Morgan fingerprint density at radius 2 is 1.68 bits per heavy atom. The van der Waals surface area contributed by atoms with E-state index >= 15 is 0 Å². The maximum Gasteiger partial charge on any atom is 0.338 e. The Morgan fingerprint density at radius 1 is 1.00 bits per heavy atom. The first-order chi connectivity index (χ1) is 15.0. The van der Waals surface area contributed by atoms with Crippen LogP contribution in [0.5, 0.6) is 0 Å². The van der Waals surface area contributed by atoms with E-state index in [1.54, 1.807) is 18.2 Å². The molecule has 2 aliphatic rings. The molecular formula is C26H23NO4. The van der Waals surface area contributed by atoms with E-state index in [1.165, 1.54) is 0 Å². The number of hydrogen-bond acceptors (Lipinski definition) is 4. The van der Waals surface area contributed by atoms with Crippen molar-refractivity contribution in [3.63, 3.8) is 0 Å². The van der Waals surface area contributed by atoms with Crippen molar-refractivity contribution in [3.05, 3.63) is 101 Å². The van der Waals surface area contributed by atoms with E-state index in [9.17, 15) is 9.59 Å². The molecule has 2 aliphatic heterocycles. The van der Waals surface area contributed by atoms with Crippen LogP contribution in [0.1, 0.15) is 40.4 Å². The monoisotopic (exact) mass is 413 g/mol. The molecule has 156 valence electrons. The van der Waals surface area contributed by atoms with Gasteiger partial charge >= 0.3 is 5.97 Å². The number of esters is 1. The van der Waals surface area contributed by atoms with Crippen LogP contribution in [-0.2, 0) is 32.9 Å². The highest BCUT2D eigenvalue weighted by molar-refractivity contribution is 6.00. The third-order valence-corrected chi connectivity index (χ3v) is 6.12. The van der Waals surface area contributed by atoms with E-state index < -0.39 is 11.2 Å². The van der Waals surface area contributed by atoms with Crippen LogP contribution in [0.3, 0.4) is 0 Å². The summed E-state index contributed by atoms with van der Waals surface area (Å²) in [5.41, 5.74) is 2.56. The summed E-state index contributed by atoms with van der Waals surface area (Å²) in [4.78, 5) is 25.2. The first kappa shape index (κ1) is 19.5. The van der Waals surface area contributed by atoms with Crippen LogP contribution < -0.4 is 5.32 Å². The van der Waals surface area contributed by atoms with Crippen molar-refractivity contribution in [3.8, 4) is 0 Å². The molecule has 0 radical (unpaired) electrons. The average Bonchev–Trinajstić information content (AvgIpc) is 3.13. The standard InChI is InChI=1S/C26H23NO4/c1-25(20-10-6-3-7-11-20)17-26(31-25,15-18-8-4-2-5-9-18)24(29)27-21-12-13-22-19(14-21)16-30-23(22)28/h2-14H,15-17H2,1H3,(H,27,29). The second-order valence-electron chi connectivity index (χ2n) is 8.43. The lowest BCUT2D eigenvalue weighted by Crippen LogP contribution is -2.63. The molecule has 0 bridgehead atoms. The van der Waals surface area contributed by atoms with Gasteiger partial charge < -0.3 is 14.8 Å². The summed E-state index contributed by atoms with van der Waals surface area (Å²) in [6.45, 7) is 2.26. The Morgan fingerprint density at radius 3 is 2.39 bits per heavy atom. The Hall–Kier alpha value is -3.44. The van der Waals surface area contributed by atoms with Gasteiger partial charge in [0.15, 0.2) is 5.60 Å². The molecule has 31 heavy (non-hydrogen) atoms. The number of carbonyl (C=O) groups is 2. The van der Waals surface area contributed by atoms with E-state index in [-0.39, 0.29) is 18.5 Å². The zero-order valence-corrected chi connectivity index (χ0v) is 17.3. The number of hydrogen-bond donors (Lipinski definition) is 1. The molecule has 2 atom stereocenters. The van der Waals surface area contributed by atoms with Crippen molar-refractivity contribution >= 4 is 17.6 Å². The molecule has 0 aromatic heterocycles. The van der Waals surface area contributed by atoms with Crippen LogP contribution in [0.2, 0.25) is 0 Å². The van der Waals surface area contributed by atoms with Gasteiger partial charge in [-0.25, -0.2) is 4.79 Å². The van der Waals surface area contributed by atoms with Gasteiger partial charge in [-0.3, -0.25) is 4.79 Å². The summed E-state index contributed by atoms with van der Waals surface area (Å²) >= 11 is 0. The number of amides is 1. The predicted molar refractivity (Wildman–Crippen MR) is 117 cm³/mol. The smallest absolute Gasteiger partial charge is 0.338 e. The van der Waals surface area contributed by atoms with Crippen LogP contribution in [0, 0.1) is 0 Å². The second kappa shape index (κ2) is 7.36. The molecule has 0 saturated carbocycles. The van der Waals surface area contributed by atoms with Gasteiger partial charge in [-0.1, -0.05) is 60.7 Å². The number of carbonyl (C=O) groups excluding carboxylic acids is 2. The van der Waals surface area contributed by atoms with Gasteiger partial charge in [0.05, 0.1) is 11.2 Å². The minimum absolute atomic E-state index is 0.185. The number of rotatable bonds is 5. The van der Waals surface area contributed by atoms with E-state index in [1.807, 2.05) is 67.6 Å². The molecule has 5 nitrogen and oxygen atoms in total. The third-order valence-electron chi connectivity index (χ3n) is 6.12. The number of fused-ring (bicyclic) bond motifs is 1. The molecule has 5 heteroatoms. The first-order valence-corrected chi connectivity index (χ1v) is 10.4. The van der Waals surface area contributed by atoms with Crippen molar-refractivity contribution in [2.45, 2.75) is 37.6 Å². The van der Waals surface area contributed by atoms with Gasteiger partial charge in [0.2, 0.25) is 0 Å². The average molecular weight is 413 g/mol. The van der Waals surface area contributed by atoms with Crippen LogP contribution in [0.4, 0.5) is 5.69 Å². The molecule has 0 spiro atoms. The molecule has 2 heterocycles. The summed E-state index contributed by atoms with van der Waals surface area (Å²) < 4.78 is 11.5. The highest BCUT2D eigenvalue weighted by Crippen LogP contribution is 2.50. The molecule has 0 aliphatic carbocycles. The van der Waals surface area contributed by atoms with E-state index in [4.69, 9.17) is 9.47 Å². The minimum atomic E-state index is -0.975. The first-order valence-electron chi connectivity index (χ1n) is 10.4. The van der Waals surface area contributed by atoms with Crippen LogP contribution >= 0.6 is 0 Å². The fourth-order valence-electron chi connectivity index (χ4n) is 4.61. The minimum Gasteiger partial charge on any atom is -0.457 e. The molecule has 1 amide bonds. The van der Waals surface area contributed by atoms with E-state index in [2.05, 4.69) is 5.32 Å². The van der Waals surface area contributed by atoms with Gasteiger partial charge in [0.1, 0.15) is 6.61 Å². The molecule has 2 unspecified atom stereocenters. The molecule has 5 rings (SSSR count). The number of ether oxygens (including phenoxy) is 2. The molecule has 3 aromatic rings. The Bertz CT molecular complexity index is 1130. The van der Waals surface area contributed by atoms with Gasteiger partial charge in [-0.05, 0) is 36.2 Å². The lowest BCUT2D eigenvalue weighted by Gasteiger charge is -2.54. The largest absolute Gasteiger partial charge is 0.457 e. The van der Waals surface area contributed by atoms with Crippen molar-refractivity contribution in [2.24, 2.45) is 0 Å². The van der Waals surface area contributed by atoms with Crippen LogP contribution in [0.25, 0.3) is 0 Å². The highest BCUT2D eigenvalue weighted by atomic mass is 16.6. The Kier molecular flexibility index (Phi) is 4.63. The Labute approximate surface area is 181 Å². The second-order valence-corrected chi connectivity index (χ2v) is 8.43. The van der Waals surface area contributed by atoms with E-state index in [0.29, 0.717) is 24.1 Å². The van der Waals surface area contributed by atoms with Crippen molar-refractivity contribution in [1.82, 2.24) is 0 Å². The maximum absolute atomic E-state index is 13.5. The van der Waals surface area contributed by atoms with Crippen LogP contribution in [0.15, 0.2) is 78.9 Å². The van der Waals surface area contributed by atoms with E-state index in [0.717, 1.165) is 16.7 Å². The summed E-state index contributed by atoms with van der Waals surface area (Å²) in [7, 11) is 0. The maximum atomic E-state index is 13.5.